The molecular formula is C7H21NOSi. The molecule has 0 bridgehead atoms. The molecule has 2 nitrogen and oxygen atoms in total. The fourth-order valence-corrected chi connectivity index (χ4v) is 0.250. The Bertz CT molecular complexity index is 48.9. The minimum Gasteiger partial charge on any atom is -0.426 e. The molecule has 0 aliphatic carbocycles. The van der Waals surface area contributed by atoms with Crippen LogP contribution in [0.3, 0.4) is 0 Å². The average molecular weight is 163 g/mol. The summed E-state index contributed by atoms with van der Waals surface area (Å²) in [4.78, 5) is 0. The van der Waals surface area contributed by atoms with Crippen LogP contribution in [0.15, 0.2) is 0 Å². The second kappa shape index (κ2) is 11.9. The second-order valence-electron chi connectivity index (χ2n) is 2.39. The van der Waals surface area contributed by atoms with Crippen LogP contribution in [0, 0.1) is 0 Å². The van der Waals surface area contributed by atoms with Gasteiger partial charge in [0.2, 0.25) is 0 Å². The molecule has 0 rings (SSSR count). The fourth-order valence-electron chi connectivity index (χ4n) is 0.250. The maximum Gasteiger partial charge on any atom is 0.146 e. The first-order valence-corrected chi connectivity index (χ1v) is 4.68. The number of hydrogen-bond acceptors (Lipinski definition) is 2. The first-order chi connectivity index (χ1) is 4.68. The second-order valence-corrected chi connectivity index (χ2v) is 2.86. The highest BCUT2D eigenvalue weighted by Crippen LogP contribution is 1.76. The number of rotatable bonds is 3. The highest BCUT2D eigenvalue weighted by atomic mass is 28.2. The summed E-state index contributed by atoms with van der Waals surface area (Å²) >= 11 is 0. The van der Waals surface area contributed by atoms with Crippen LogP contribution in [0.2, 0.25) is 0 Å². The highest BCUT2D eigenvalue weighted by molar-refractivity contribution is 5.98. The van der Waals surface area contributed by atoms with Crippen molar-refractivity contribution < 1.29 is 4.43 Å². The summed E-state index contributed by atoms with van der Waals surface area (Å²) in [5, 5.41) is 3.02. The lowest BCUT2D eigenvalue weighted by atomic mass is 10.5. The number of hydrogen-bond donors (Lipinski definition) is 1. The van der Waals surface area contributed by atoms with Crippen molar-refractivity contribution >= 4 is 10.5 Å². The van der Waals surface area contributed by atoms with Crippen molar-refractivity contribution in [3.63, 3.8) is 0 Å². The zero-order chi connectivity index (χ0) is 8.41. The molecule has 0 radical (unpaired) electrons. The molecule has 0 unspecified atom stereocenters. The first kappa shape index (κ1) is 12.8. The van der Waals surface area contributed by atoms with Gasteiger partial charge in [-0.15, -0.1) is 0 Å². The van der Waals surface area contributed by atoms with E-state index in [1.165, 1.54) is 6.42 Å². The minimum atomic E-state index is 0.446. The van der Waals surface area contributed by atoms with Crippen LogP contribution in [0.5, 0.6) is 0 Å². The van der Waals surface area contributed by atoms with E-state index in [1.807, 2.05) is 20.9 Å². The van der Waals surface area contributed by atoms with Gasteiger partial charge in [-0.05, 0) is 33.9 Å². The monoisotopic (exact) mass is 163 g/mol. The van der Waals surface area contributed by atoms with E-state index in [4.69, 9.17) is 4.43 Å². The lowest BCUT2D eigenvalue weighted by Crippen LogP contribution is -2.04. The number of nitrogens with one attached hydrogen (secondary N) is 1. The van der Waals surface area contributed by atoms with Gasteiger partial charge in [0.1, 0.15) is 10.5 Å². The molecule has 0 atom stereocenters. The van der Waals surface area contributed by atoms with Crippen molar-refractivity contribution in [3.05, 3.63) is 0 Å². The van der Waals surface area contributed by atoms with Crippen molar-refractivity contribution in [1.29, 1.82) is 0 Å². The van der Waals surface area contributed by atoms with E-state index in [2.05, 4.69) is 12.2 Å². The van der Waals surface area contributed by atoms with Gasteiger partial charge >= 0.3 is 0 Å². The average Bonchev–Trinajstić information content (AvgIpc) is 1.91. The Balaban J connectivity index is 0. The van der Waals surface area contributed by atoms with E-state index in [1.54, 1.807) is 0 Å². The molecule has 0 aliphatic rings. The molecule has 0 saturated heterocycles. The van der Waals surface area contributed by atoms with Crippen molar-refractivity contribution in [2.75, 3.05) is 13.6 Å². The molecule has 0 aliphatic heterocycles. The van der Waals surface area contributed by atoms with Crippen molar-refractivity contribution in [3.8, 4) is 0 Å². The van der Waals surface area contributed by atoms with Crippen LogP contribution in [-0.4, -0.2) is 30.2 Å². The minimum absolute atomic E-state index is 0.446. The van der Waals surface area contributed by atoms with E-state index >= 15 is 0 Å². The molecule has 0 aromatic rings. The Morgan fingerprint density at radius 1 is 1.50 bits per heavy atom. The third-order valence-electron chi connectivity index (χ3n) is 0.971. The zero-order valence-electron chi connectivity index (χ0n) is 7.90. The Hall–Kier alpha value is 0.137. The summed E-state index contributed by atoms with van der Waals surface area (Å²) in [6.07, 6.45) is 1.68. The summed E-state index contributed by atoms with van der Waals surface area (Å²) in [5.74, 6) is 0. The van der Waals surface area contributed by atoms with Crippen molar-refractivity contribution in [2.24, 2.45) is 0 Å². The molecule has 1 N–H and O–H groups in total. The van der Waals surface area contributed by atoms with Crippen LogP contribution >= 0.6 is 0 Å². The standard InChI is InChI=1S/C4H11N.C3H10OSi/c1-3-4-5-2;1-3(2)4-5/h5H,3-4H2,1-2H3;3H,1-2,5H3. The zero-order valence-corrected chi connectivity index (χ0v) is 9.90. The van der Waals surface area contributed by atoms with Gasteiger partial charge in [0.25, 0.3) is 0 Å². The predicted octanol–water partition coefficient (Wildman–Crippen LogP) is 0.308. The lowest BCUT2D eigenvalue weighted by molar-refractivity contribution is 0.267. The van der Waals surface area contributed by atoms with Crippen molar-refractivity contribution in [2.45, 2.75) is 33.3 Å². The molecule has 0 fully saturated rings. The third kappa shape index (κ3) is 24.2. The smallest absolute Gasteiger partial charge is 0.146 e. The molecule has 0 spiro atoms. The van der Waals surface area contributed by atoms with Crippen LogP contribution in [0.25, 0.3) is 0 Å². The van der Waals surface area contributed by atoms with E-state index in [0.717, 1.165) is 17.0 Å². The Kier molecular flexibility index (Phi) is 15.2. The summed E-state index contributed by atoms with van der Waals surface area (Å²) in [6, 6.07) is 0. The molecule has 0 heterocycles. The largest absolute Gasteiger partial charge is 0.426 e. The maximum atomic E-state index is 4.89. The lowest BCUT2D eigenvalue weighted by Gasteiger charge is -1.95. The summed E-state index contributed by atoms with van der Waals surface area (Å²) in [7, 11) is 2.84. The van der Waals surface area contributed by atoms with Gasteiger partial charge < -0.3 is 9.74 Å². The van der Waals surface area contributed by atoms with Gasteiger partial charge in [-0.3, -0.25) is 0 Å². The Morgan fingerprint density at radius 2 is 1.90 bits per heavy atom. The SMILES string of the molecule is CC(C)O[SiH3].CCCNC. The molecule has 3 heteroatoms. The molecule has 10 heavy (non-hydrogen) atoms. The van der Waals surface area contributed by atoms with Crippen LogP contribution in [-0.2, 0) is 4.43 Å². The summed E-state index contributed by atoms with van der Waals surface area (Å²) in [5.41, 5.74) is 0. The molecule has 0 aromatic carbocycles. The van der Waals surface area contributed by atoms with E-state index < -0.39 is 0 Å². The van der Waals surface area contributed by atoms with Crippen molar-refractivity contribution in [1.82, 2.24) is 5.32 Å². The molecule has 0 amide bonds. The van der Waals surface area contributed by atoms with Crippen LogP contribution in [0.1, 0.15) is 27.2 Å². The van der Waals surface area contributed by atoms with Gasteiger partial charge in [-0.1, -0.05) is 6.92 Å². The molecule has 0 aromatic heterocycles. The van der Waals surface area contributed by atoms with Gasteiger partial charge in [0.15, 0.2) is 0 Å². The highest BCUT2D eigenvalue weighted by Gasteiger charge is 1.77. The molecular weight excluding hydrogens is 142 g/mol. The van der Waals surface area contributed by atoms with E-state index in [9.17, 15) is 0 Å². The predicted molar refractivity (Wildman–Crippen MR) is 50.4 cm³/mol. The maximum absolute atomic E-state index is 4.89. The van der Waals surface area contributed by atoms with E-state index in [-0.39, 0.29) is 0 Å². The van der Waals surface area contributed by atoms with Gasteiger partial charge in [0, 0.05) is 6.10 Å². The molecule has 0 saturated carbocycles. The molecule has 64 valence electrons. The van der Waals surface area contributed by atoms with Gasteiger partial charge in [-0.25, -0.2) is 0 Å². The Morgan fingerprint density at radius 3 is 1.90 bits per heavy atom. The topological polar surface area (TPSA) is 21.3 Å². The summed E-state index contributed by atoms with van der Waals surface area (Å²) in [6.45, 7) is 7.36. The van der Waals surface area contributed by atoms with Crippen LogP contribution in [0.4, 0.5) is 0 Å². The first-order valence-electron chi connectivity index (χ1n) is 3.86. The summed E-state index contributed by atoms with van der Waals surface area (Å²) < 4.78 is 4.89. The normalized spacial score (nSPS) is 9.30. The quantitative estimate of drug-likeness (QED) is 0.605. The fraction of sp³-hybridized carbons (Fsp3) is 1.00. The van der Waals surface area contributed by atoms with E-state index in [0.29, 0.717) is 6.10 Å². The van der Waals surface area contributed by atoms with Crippen LogP contribution < -0.4 is 5.32 Å². The van der Waals surface area contributed by atoms with Gasteiger partial charge in [-0.2, -0.15) is 0 Å². The third-order valence-corrected chi connectivity index (χ3v) is 1.91. The Labute approximate surface area is 67.9 Å². The van der Waals surface area contributed by atoms with Gasteiger partial charge in [0.05, 0.1) is 0 Å².